The van der Waals surface area contributed by atoms with Crippen molar-refractivity contribution in [2.45, 2.75) is 46.0 Å². The Morgan fingerprint density at radius 1 is 1.15 bits per heavy atom. The summed E-state index contributed by atoms with van der Waals surface area (Å²) in [4.78, 5) is 0. The van der Waals surface area contributed by atoms with Gasteiger partial charge in [0.2, 0.25) is 0 Å². The highest BCUT2D eigenvalue weighted by Crippen LogP contribution is 2.25. The number of piperidine rings is 1. The molecule has 1 aliphatic rings. The van der Waals surface area contributed by atoms with Crippen LogP contribution in [0.15, 0.2) is 22.6 Å². The van der Waals surface area contributed by atoms with Gasteiger partial charge in [-0.2, -0.15) is 0 Å². The van der Waals surface area contributed by atoms with E-state index in [0.29, 0.717) is 5.02 Å². The van der Waals surface area contributed by atoms with E-state index in [2.05, 4.69) is 13.8 Å². The summed E-state index contributed by atoms with van der Waals surface area (Å²) in [5.74, 6) is 0. The lowest BCUT2D eigenvalue weighted by Crippen LogP contribution is -2.51. The molecule has 2 aromatic rings. The second-order valence-electron chi connectivity index (χ2n) is 5.94. The van der Waals surface area contributed by atoms with E-state index < -0.39 is 0 Å². The highest BCUT2D eigenvalue weighted by atomic mass is 35.5. The van der Waals surface area contributed by atoms with Gasteiger partial charge in [-0.1, -0.05) is 24.9 Å². The standard InChI is InChI=1S/C11H24N.C6H3ClO/c1-3-5-9-12(4-2)10-7-6-8-11-12;7-5-3-4-1-2-6(5)8-4/h3-11H2,1-2H3;1-3H/q+1;. The van der Waals surface area contributed by atoms with E-state index in [9.17, 15) is 0 Å². The van der Waals surface area contributed by atoms with Crippen molar-refractivity contribution in [2.75, 3.05) is 26.2 Å². The number of rotatable bonds is 4. The van der Waals surface area contributed by atoms with Gasteiger partial charge in [-0.25, -0.2) is 0 Å². The lowest BCUT2D eigenvalue weighted by molar-refractivity contribution is -0.931. The van der Waals surface area contributed by atoms with Gasteiger partial charge >= 0.3 is 0 Å². The van der Waals surface area contributed by atoms with Crippen LogP contribution >= 0.6 is 11.6 Å². The number of quaternary nitrogens is 1. The third-order valence-corrected chi connectivity index (χ3v) is 4.85. The summed E-state index contributed by atoms with van der Waals surface area (Å²) < 4.78 is 6.51. The molecule has 20 heavy (non-hydrogen) atoms. The van der Waals surface area contributed by atoms with Crippen molar-refractivity contribution in [1.82, 2.24) is 0 Å². The zero-order valence-electron chi connectivity index (χ0n) is 12.8. The summed E-state index contributed by atoms with van der Waals surface area (Å²) in [6.07, 6.45) is 7.20. The van der Waals surface area contributed by atoms with Gasteiger partial charge in [0.05, 0.1) is 31.2 Å². The first-order chi connectivity index (χ1) is 9.69. The molecular formula is C17H27ClNO+. The monoisotopic (exact) mass is 296 g/mol. The highest BCUT2D eigenvalue weighted by molar-refractivity contribution is 6.34. The number of halogens is 1. The van der Waals surface area contributed by atoms with E-state index in [1.54, 1.807) is 6.07 Å². The minimum absolute atomic E-state index is 0.711. The number of unbranched alkanes of at least 4 members (excludes halogenated alkanes) is 1. The molecule has 0 spiro atoms. The summed E-state index contributed by atoms with van der Waals surface area (Å²) >= 11 is 5.64. The predicted octanol–water partition coefficient (Wildman–Crippen LogP) is 5.33. The first-order valence-electron chi connectivity index (χ1n) is 8.01. The molecule has 3 rings (SSSR count). The normalized spacial score (nSPS) is 17.9. The van der Waals surface area contributed by atoms with Gasteiger partial charge in [-0.05, 0) is 44.7 Å². The molecule has 1 aliphatic heterocycles. The van der Waals surface area contributed by atoms with Crippen LogP contribution in [0.1, 0.15) is 46.0 Å². The molecule has 112 valence electrons. The molecule has 2 nitrogen and oxygen atoms in total. The molecule has 0 saturated carbocycles. The Morgan fingerprint density at radius 3 is 2.30 bits per heavy atom. The largest absolute Gasteiger partial charge is 0.456 e. The molecule has 0 unspecified atom stereocenters. The van der Waals surface area contributed by atoms with Gasteiger partial charge in [-0.3, -0.25) is 0 Å². The Hall–Kier alpha value is -0.730. The Labute approximate surface area is 127 Å². The maximum atomic E-state index is 5.64. The minimum Gasteiger partial charge on any atom is -0.456 e. The molecule has 2 bridgehead atoms. The summed E-state index contributed by atoms with van der Waals surface area (Å²) in [7, 11) is 0. The number of benzene rings is 1. The van der Waals surface area contributed by atoms with Crippen LogP contribution in [0.2, 0.25) is 5.02 Å². The van der Waals surface area contributed by atoms with Crippen LogP contribution < -0.4 is 0 Å². The van der Waals surface area contributed by atoms with E-state index in [-0.39, 0.29) is 0 Å². The maximum Gasteiger partial charge on any atom is 0.146 e. The molecule has 3 heteroatoms. The lowest BCUT2D eigenvalue weighted by Gasteiger charge is -2.40. The minimum atomic E-state index is 0.711. The Kier molecular flexibility index (Phi) is 5.74. The molecule has 3 heterocycles. The molecule has 0 radical (unpaired) electrons. The topological polar surface area (TPSA) is 13.1 Å². The number of fused-ring (bicyclic) bond motifs is 2. The second kappa shape index (κ2) is 7.33. The van der Waals surface area contributed by atoms with Gasteiger partial charge in [0.1, 0.15) is 11.2 Å². The van der Waals surface area contributed by atoms with Gasteiger partial charge < -0.3 is 8.90 Å². The van der Waals surface area contributed by atoms with E-state index in [1.807, 2.05) is 12.1 Å². The van der Waals surface area contributed by atoms with Gasteiger partial charge in [0, 0.05) is 6.07 Å². The van der Waals surface area contributed by atoms with Crippen LogP contribution in [0.4, 0.5) is 0 Å². The highest BCUT2D eigenvalue weighted by Gasteiger charge is 2.26. The third-order valence-electron chi connectivity index (χ3n) is 4.55. The van der Waals surface area contributed by atoms with Crippen LogP contribution in [-0.2, 0) is 0 Å². The average Bonchev–Trinajstić information content (AvgIpc) is 3.09. The van der Waals surface area contributed by atoms with E-state index in [4.69, 9.17) is 16.0 Å². The van der Waals surface area contributed by atoms with Crippen LogP contribution in [0.25, 0.3) is 11.2 Å². The van der Waals surface area contributed by atoms with Crippen molar-refractivity contribution in [3.63, 3.8) is 0 Å². The zero-order chi connectivity index (χ0) is 14.4. The fraction of sp³-hybridized carbons (Fsp3) is 0.647. The molecule has 1 fully saturated rings. The zero-order valence-corrected chi connectivity index (χ0v) is 13.6. The van der Waals surface area contributed by atoms with Crippen LogP contribution in [-0.4, -0.2) is 30.7 Å². The van der Waals surface area contributed by atoms with Crippen molar-refractivity contribution in [1.29, 1.82) is 0 Å². The molecule has 0 aliphatic carbocycles. The predicted molar refractivity (Wildman–Crippen MR) is 86.6 cm³/mol. The van der Waals surface area contributed by atoms with Crippen molar-refractivity contribution >= 4 is 22.8 Å². The number of furan rings is 2. The summed E-state index contributed by atoms with van der Waals surface area (Å²) in [5, 5.41) is 0.711. The second-order valence-corrected chi connectivity index (χ2v) is 6.34. The smallest absolute Gasteiger partial charge is 0.146 e. The number of nitrogens with zero attached hydrogens (tertiary/aromatic N) is 1. The quantitative estimate of drug-likeness (QED) is 0.695. The average molecular weight is 297 g/mol. The van der Waals surface area contributed by atoms with Crippen molar-refractivity contribution < 1.29 is 8.90 Å². The molecule has 0 aromatic carbocycles. The Balaban J connectivity index is 0.000000157. The van der Waals surface area contributed by atoms with Crippen molar-refractivity contribution in [3.05, 3.63) is 23.2 Å². The van der Waals surface area contributed by atoms with Gasteiger partial charge in [0.15, 0.2) is 0 Å². The molecule has 2 aromatic heterocycles. The van der Waals surface area contributed by atoms with Crippen molar-refractivity contribution in [2.24, 2.45) is 0 Å². The van der Waals surface area contributed by atoms with E-state index >= 15 is 0 Å². The Morgan fingerprint density at radius 2 is 1.90 bits per heavy atom. The van der Waals surface area contributed by atoms with Crippen LogP contribution in [0.3, 0.4) is 0 Å². The molecule has 1 saturated heterocycles. The number of hydrogen-bond acceptors (Lipinski definition) is 1. The van der Waals surface area contributed by atoms with Crippen molar-refractivity contribution in [3.8, 4) is 0 Å². The molecule has 0 amide bonds. The fourth-order valence-electron chi connectivity index (χ4n) is 3.13. The molecule has 0 atom stereocenters. The van der Waals surface area contributed by atoms with Gasteiger partial charge in [-0.15, -0.1) is 0 Å². The lowest BCUT2D eigenvalue weighted by atomic mass is 10.1. The van der Waals surface area contributed by atoms with E-state index in [1.165, 1.54) is 62.8 Å². The maximum absolute atomic E-state index is 5.64. The SMILES string of the molecule is CCCC[N+]1(CC)CCCCC1.Clc1cc2ccc1o2. The number of hydrogen-bond donors (Lipinski definition) is 0. The number of likely N-dealkylation sites (tertiary alicyclic amines) is 1. The molecular weight excluding hydrogens is 270 g/mol. The first-order valence-corrected chi connectivity index (χ1v) is 8.39. The summed E-state index contributed by atoms with van der Waals surface area (Å²) in [6.45, 7) is 10.4. The molecule has 0 N–H and O–H groups in total. The van der Waals surface area contributed by atoms with E-state index in [0.717, 1.165) is 11.2 Å². The van der Waals surface area contributed by atoms with Gasteiger partial charge in [0.25, 0.3) is 0 Å². The van der Waals surface area contributed by atoms with Crippen LogP contribution in [0, 0.1) is 0 Å². The third kappa shape index (κ3) is 3.89. The Bertz CT molecular complexity index is 487. The fourth-order valence-corrected chi connectivity index (χ4v) is 3.34. The summed E-state index contributed by atoms with van der Waals surface area (Å²) in [6, 6.07) is 5.55. The first kappa shape index (κ1) is 15.7. The van der Waals surface area contributed by atoms with Crippen LogP contribution in [0.5, 0.6) is 0 Å². The summed E-state index contributed by atoms with van der Waals surface area (Å²) in [5.41, 5.74) is 1.63.